The average Bonchev–Trinajstić information content (AvgIpc) is 3.24. The molecular weight excluding hydrogens is 905 g/mol. The van der Waals surface area contributed by atoms with Crippen LogP contribution in [0.25, 0.3) is 22.3 Å². The number of methoxy groups -OCH3 is 2. The molecule has 0 saturated carbocycles. The van der Waals surface area contributed by atoms with Crippen LogP contribution in [0.4, 0.5) is 0 Å². The monoisotopic (exact) mass is 960 g/mol. The van der Waals surface area contributed by atoms with Crippen molar-refractivity contribution in [1.82, 2.24) is 19.4 Å². The number of rotatable bonds is 16. The lowest BCUT2D eigenvalue weighted by molar-refractivity contribution is 0.146. The van der Waals surface area contributed by atoms with Crippen LogP contribution in [0.15, 0.2) is 144 Å². The number of hydrogen-bond acceptors (Lipinski definition) is 10. The van der Waals surface area contributed by atoms with E-state index in [4.69, 9.17) is 9.47 Å². The molecule has 0 aliphatic heterocycles. The molecule has 0 aliphatic rings. The Morgan fingerprint density at radius 1 is 0.603 bits per heavy atom. The van der Waals surface area contributed by atoms with Crippen LogP contribution < -0.4 is 14.2 Å². The highest BCUT2D eigenvalue weighted by Gasteiger charge is 2.30. The lowest BCUT2D eigenvalue weighted by Crippen LogP contribution is -2.40. The molecule has 6 aromatic rings. The molecule has 4 aromatic carbocycles. The Hall–Kier alpha value is -5.00. The fourth-order valence-electron chi connectivity index (χ4n) is 6.30. The number of halogens is 1. The van der Waals surface area contributed by atoms with Crippen LogP contribution in [0.3, 0.4) is 0 Å². The van der Waals surface area contributed by atoms with E-state index in [0.717, 1.165) is 50.9 Å². The van der Waals surface area contributed by atoms with Gasteiger partial charge in [-0.05, 0) is 123 Å². The van der Waals surface area contributed by atoms with E-state index < -0.39 is 31.1 Å². The van der Waals surface area contributed by atoms with Crippen LogP contribution in [0.2, 0.25) is 0 Å². The standard InChI is InChI=1S/C24H28N2O4S.C21H22N2O3S.C3H7BrO/c1-18-7-5-10-21(15-18)31(27,28)26-24(2,3)20-9-6-8-19(16-20)22-11-12-25-17-23(22)30-14-13-29-4;1-15-6-4-9-18(12-15)27(25,26)23-21(2,3)17-8-5-7-16(13-17)19-10-11-22-14-20(19)24;1-5-3-2-4/h5-12,15-17,26H,13-14H2,1-4H3;4-14,23-24H,1-3H3;2-3H2,1H3. The number of nitrogens with one attached hydrogen (secondary N) is 2. The second kappa shape index (κ2) is 23.1. The van der Waals surface area contributed by atoms with Crippen LogP contribution in [0.1, 0.15) is 49.9 Å². The van der Waals surface area contributed by atoms with Crippen LogP contribution >= 0.6 is 15.9 Å². The van der Waals surface area contributed by atoms with Gasteiger partial charge in [0.25, 0.3) is 0 Å². The maximum Gasteiger partial charge on any atom is 0.241 e. The van der Waals surface area contributed by atoms with Crippen LogP contribution in [-0.2, 0) is 40.6 Å². The zero-order chi connectivity index (χ0) is 46.3. The highest BCUT2D eigenvalue weighted by molar-refractivity contribution is 9.09. The van der Waals surface area contributed by atoms with Crippen LogP contribution in [0.5, 0.6) is 11.5 Å². The number of ether oxygens (including phenoxy) is 3. The Bertz CT molecular complexity index is 2640. The Kier molecular flexibility index (Phi) is 18.6. The molecule has 0 fully saturated rings. The minimum Gasteiger partial charge on any atom is -0.506 e. The Labute approximate surface area is 381 Å². The van der Waals surface area contributed by atoms with Crippen molar-refractivity contribution in [3.8, 4) is 33.8 Å². The van der Waals surface area contributed by atoms with Gasteiger partial charge in [-0.1, -0.05) is 76.6 Å². The van der Waals surface area contributed by atoms with E-state index in [1.807, 2.05) is 108 Å². The van der Waals surface area contributed by atoms with Gasteiger partial charge in [0.1, 0.15) is 18.1 Å². The molecular formula is C48H57BrN4O8S2. The van der Waals surface area contributed by atoms with E-state index >= 15 is 0 Å². The molecule has 2 aromatic heterocycles. The molecule has 0 radical (unpaired) electrons. The summed E-state index contributed by atoms with van der Waals surface area (Å²) >= 11 is 3.18. The van der Waals surface area contributed by atoms with E-state index in [1.165, 1.54) is 6.20 Å². The fourth-order valence-corrected chi connectivity index (χ4v) is 9.64. The largest absolute Gasteiger partial charge is 0.506 e. The Balaban J connectivity index is 0.000000252. The first-order valence-electron chi connectivity index (χ1n) is 20.0. The number of sulfonamides is 2. The van der Waals surface area contributed by atoms with Gasteiger partial charge < -0.3 is 19.3 Å². The molecule has 63 heavy (non-hydrogen) atoms. The summed E-state index contributed by atoms with van der Waals surface area (Å²) in [6.07, 6.45) is 6.36. The second-order valence-electron chi connectivity index (χ2n) is 15.5. The number of benzene rings is 4. The van der Waals surface area contributed by atoms with Gasteiger partial charge in [-0.25, -0.2) is 26.3 Å². The summed E-state index contributed by atoms with van der Waals surface area (Å²) in [5.41, 5.74) is 4.93. The van der Waals surface area contributed by atoms with Gasteiger partial charge in [-0.3, -0.25) is 9.97 Å². The van der Waals surface area contributed by atoms with E-state index in [0.29, 0.717) is 24.5 Å². The van der Waals surface area contributed by atoms with Gasteiger partial charge in [-0.2, -0.15) is 0 Å². The van der Waals surface area contributed by atoms with Crippen molar-refractivity contribution < 1.29 is 36.2 Å². The molecule has 0 amide bonds. The zero-order valence-electron chi connectivity index (χ0n) is 36.9. The van der Waals surface area contributed by atoms with Crippen molar-refractivity contribution in [3.05, 3.63) is 156 Å². The minimum atomic E-state index is -3.69. The van der Waals surface area contributed by atoms with E-state index in [9.17, 15) is 21.9 Å². The van der Waals surface area contributed by atoms with Crippen molar-refractivity contribution >= 4 is 36.0 Å². The number of hydrogen-bond donors (Lipinski definition) is 3. The predicted molar refractivity (Wildman–Crippen MR) is 253 cm³/mol. The molecule has 2 heterocycles. The molecule has 15 heteroatoms. The lowest BCUT2D eigenvalue weighted by atomic mass is 9.92. The quantitative estimate of drug-likeness (QED) is 0.0629. The van der Waals surface area contributed by atoms with Crippen molar-refractivity contribution in [2.45, 2.75) is 62.4 Å². The first-order chi connectivity index (χ1) is 29.8. The van der Waals surface area contributed by atoms with Crippen molar-refractivity contribution in [1.29, 1.82) is 0 Å². The van der Waals surface area contributed by atoms with Crippen LogP contribution in [-0.4, -0.2) is 71.3 Å². The lowest BCUT2D eigenvalue weighted by Gasteiger charge is -2.27. The van der Waals surface area contributed by atoms with Gasteiger partial charge in [-0.15, -0.1) is 0 Å². The van der Waals surface area contributed by atoms with Crippen molar-refractivity contribution in [2.24, 2.45) is 0 Å². The molecule has 0 bridgehead atoms. The van der Waals surface area contributed by atoms with Gasteiger partial charge in [0.2, 0.25) is 20.0 Å². The second-order valence-corrected chi connectivity index (χ2v) is 19.7. The summed E-state index contributed by atoms with van der Waals surface area (Å²) in [5, 5.41) is 11.0. The number of alkyl halides is 1. The highest BCUT2D eigenvalue weighted by Crippen LogP contribution is 2.34. The van der Waals surface area contributed by atoms with Gasteiger partial charge >= 0.3 is 0 Å². The van der Waals surface area contributed by atoms with Crippen molar-refractivity contribution in [3.63, 3.8) is 0 Å². The number of aromatic nitrogens is 2. The summed E-state index contributed by atoms with van der Waals surface area (Å²) in [6.45, 7) is 12.7. The molecule has 0 aliphatic carbocycles. The molecule has 0 saturated heterocycles. The normalized spacial score (nSPS) is 11.8. The number of aromatic hydroxyl groups is 1. The third-order valence-electron chi connectivity index (χ3n) is 9.58. The van der Waals surface area contributed by atoms with E-state index in [2.05, 4.69) is 40.1 Å². The highest BCUT2D eigenvalue weighted by atomic mass is 79.9. The molecule has 0 unspecified atom stereocenters. The Morgan fingerprint density at radius 2 is 1.06 bits per heavy atom. The summed E-state index contributed by atoms with van der Waals surface area (Å²) in [5.74, 6) is 0.725. The maximum atomic E-state index is 13.0. The molecule has 336 valence electrons. The fraction of sp³-hybridized carbons (Fsp3) is 0.292. The van der Waals surface area contributed by atoms with Gasteiger partial charge in [0, 0.05) is 43.1 Å². The molecule has 12 nitrogen and oxygen atoms in total. The van der Waals surface area contributed by atoms with Gasteiger partial charge in [0.05, 0.1) is 46.5 Å². The summed E-state index contributed by atoms with van der Waals surface area (Å²) in [7, 11) is -4.07. The van der Waals surface area contributed by atoms with Crippen molar-refractivity contribution in [2.75, 3.05) is 39.4 Å². The topological polar surface area (TPSA) is 166 Å². The summed E-state index contributed by atoms with van der Waals surface area (Å²) in [6, 6.07) is 32.5. The number of pyridine rings is 2. The average molecular weight is 962 g/mol. The van der Waals surface area contributed by atoms with E-state index in [-0.39, 0.29) is 15.5 Å². The van der Waals surface area contributed by atoms with Gasteiger partial charge in [0.15, 0.2) is 0 Å². The molecule has 0 atom stereocenters. The molecule has 3 N–H and O–H groups in total. The first kappa shape index (κ1) is 50.6. The third kappa shape index (κ3) is 14.8. The smallest absolute Gasteiger partial charge is 0.241 e. The molecule has 0 spiro atoms. The summed E-state index contributed by atoms with van der Waals surface area (Å²) in [4.78, 5) is 8.53. The molecule has 6 rings (SSSR count). The third-order valence-corrected chi connectivity index (χ3v) is 13.2. The minimum absolute atomic E-state index is 0.0767. The van der Waals surface area contributed by atoms with Crippen LogP contribution in [0, 0.1) is 13.8 Å². The SMILES string of the molecule is COCCBr.COCCOc1cnccc1-c1cccc(C(C)(C)NS(=O)(=O)c2cccc(C)c2)c1.Cc1cccc(S(=O)(=O)NC(C)(C)c2cccc(-c3ccncc3O)c2)c1. The summed E-state index contributed by atoms with van der Waals surface area (Å²) < 4.78 is 72.7. The maximum absolute atomic E-state index is 13.0. The zero-order valence-corrected chi connectivity index (χ0v) is 40.1. The predicted octanol–water partition coefficient (Wildman–Crippen LogP) is 9.30. The first-order valence-corrected chi connectivity index (χ1v) is 24.1. The van der Waals surface area contributed by atoms with E-state index in [1.54, 1.807) is 75.3 Å². The number of nitrogens with zero attached hydrogens (tertiary/aromatic N) is 2. The Morgan fingerprint density at radius 3 is 1.51 bits per heavy atom. The number of aryl methyl sites for hydroxylation is 2.